The van der Waals surface area contributed by atoms with Crippen LogP contribution in [-0.4, -0.2) is 58.0 Å². The van der Waals surface area contributed by atoms with Gasteiger partial charge in [-0.2, -0.15) is 0 Å². The summed E-state index contributed by atoms with van der Waals surface area (Å²) < 4.78 is 15.7. The lowest BCUT2D eigenvalue weighted by molar-refractivity contribution is 0.342. The number of nitrogens with zero attached hydrogens (tertiary/aromatic N) is 5. The number of aromatic nitrogens is 4. The second-order valence-corrected chi connectivity index (χ2v) is 7.49. The van der Waals surface area contributed by atoms with Crippen LogP contribution >= 0.6 is 0 Å². The van der Waals surface area contributed by atoms with Crippen LogP contribution in [0.1, 0.15) is 19.3 Å². The minimum absolute atomic E-state index is 0.256. The lowest BCUT2D eigenvalue weighted by atomic mass is 10.1. The number of hydrogen-bond donors (Lipinski definition) is 2. The molecule has 5 heterocycles. The van der Waals surface area contributed by atoms with E-state index in [0.29, 0.717) is 18.9 Å². The molecule has 2 saturated heterocycles. The van der Waals surface area contributed by atoms with Crippen molar-refractivity contribution in [1.82, 2.24) is 24.9 Å². The first kappa shape index (κ1) is 17.4. The molecule has 8 heteroatoms. The fourth-order valence-electron chi connectivity index (χ4n) is 3.97. The molecule has 2 aliphatic heterocycles. The highest BCUT2D eigenvalue weighted by molar-refractivity contribution is 5.62. The van der Waals surface area contributed by atoms with Crippen molar-refractivity contribution in [3.05, 3.63) is 36.5 Å². The summed E-state index contributed by atoms with van der Waals surface area (Å²) in [5.41, 5.74) is 2.39. The van der Waals surface area contributed by atoms with Crippen LogP contribution in [-0.2, 0) is 0 Å². The number of nitrogens with one attached hydrogen (secondary N) is 2. The van der Waals surface area contributed by atoms with Gasteiger partial charge in [0.05, 0.1) is 17.9 Å². The Hall–Kier alpha value is -2.74. The van der Waals surface area contributed by atoms with Crippen LogP contribution in [0.5, 0.6) is 0 Å². The van der Waals surface area contributed by atoms with Gasteiger partial charge < -0.3 is 15.5 Å². The molecule has 2 fully saturated rings. The van der Waals surface area contributed by atoms with E-state index < -0.39 is 6.17 Å². The molecule has 0 aromatic carbocycles. The molecule has 3 aromatic heterocycles. The predicted molar refractivity (Wildman–Crippen MR) is 107 cm³/mol. The minimum atomic E-state index is -0.907. The number of halogens is 1. The van der Waals surface area contributed by atoms with Gasteiger partial charge in [-0.3, -0.25) is 0 Å². The molecule has 0 spiro atoms. The lowest BCUT2D eigenvalue weighted by Gasteiger charge is -2.27. The number of piperidine rings is 1. The fourth-order valence-corrected chi connectivity index (χ4v) is 3.97. The van der Waals surface area contributed by atoms with Gasteiger partial charge in [0.1, 0.15) is 23.5 Å². The topological polar surface area (TPSA) is 70.4 Å². The zero-order chi connectivity index (χ0) is 18.9. The summed E-state index contributed by atoms with van der Waals surface area (Å²) in [4.78, 5) is 11.5. The first-order chi connectivity index (χ1) is 13.8. The molecule has 3 aromatic rings. The second kappa shape index (κ2) is 7.35. The van der Waals surface area contributed by atoms with E-state index in [1.165, 1.54) is 19.3 Å². The Labute approximate surface area is 163 Å². The fraction of sp³-hybridized carbons (Fsp3) is 0.450. The predicted octanol–water partition coefficient (Wildman–Crippen LogP) is 2.50. The standard InChI is InChI=1S/C20H24FN7/c21-14-11-22-12-16(14)25-18-6-4-5-15(24-18)17-13-23-19-7-8-20(26-28(17)19)27-9-2-1-3-10-27/h4-8,13-14,16,22H,1-3,9-12H2,(H,24,25)/t14-,16-/m0/s1. The number of alkyl halides is 1. The molecule has 0 saturated carbocycles. The third-order valence-corrected chi connectivity index (χ3v) is 5.51. The molecule has 2 N–H and O–H groups in total. The monoisotopic (exact) mass is 381 g/mol. The number of fused-ring (bicyclic) bond motifs is 1. The summed E-state index contributed by atoms with van der Waals surface area (Å²) in [5, 5.41) is 11.1. The third-order valence-electron chi connectivity index (χ3n) is 5.51. The summed E-state index contributed by atoms with van der Waals surface area (Å²) in [7, 11) is 0. The highest BCUT2D eigenvalue weighted by atomic mass is 19.1. The molecule has 2 aliphatic rings. The van der Waals surface area contributed by atoms with Crippen molar-refractivity contribution in [3.63, 3.8) is 0 Å². The molecule has 0 unspecified atom stereocenters. The average Bonchev–Trinajstić information content (AvgIpc) is 3.34. The van der Waals surface area contributed by atoms with E-state index in [-0.39, 0.29) is 6.04 Å². The van der Waals surface area contributed by atoms with Gasteiger partial charge in [0.15, 0.2) is 5.65 Å². The molecule has 0 amide bonds. The van der Waals surface area contributed by atoms with Gasteiger partial charge in [-0.05, 0) is 43.5 Å². The minimum Gasteiger partial charge on any atom is -0.363 e. The van der Waals surface area contributed by atoms with Crippen molar-refractivity contribution >= 4 is 17.3 Å². The smallest absolute Gasteiger partial charge is 0.154 e. The molecule has 2 atom stereocenters. The summed E-state index contributed by atoms with van der Waals surface area (Å²) in [6.45, 7) is 3.07. The summed E-state index contributed by atoms with van der Waals surface area (Å²) in [6, 6.07) is 9.51. The van der Waals surface area contributed by atoms with Gasteiger partial charge in [-0.15, -0.1) is 5.10 Å². The van der Waals surface area contributed by atoms with Crippen LogP contribution in [0.15, 0.2) is 36.5 Å². The molecule has 0 radical (unpaired) electrons. The number of hydrogen-bond acceptors (Lipinski definition) is 6. The third kappa shape index (κ3) is 3.28. The van der Waals surface area contributed by atoms with Gasteiger partial charge in [-0.25, -0.2) is 18.9 Å². The first-order valence-electron chi connectivity index (χ1n) is 9.96. The summed E-state index contributed by atoms with van der Waals surface area (Å²) >= 11 is 0. The summed E-state index contributed by atoms with van der Waals surface area (Å²) in [6.07, 6.45) is 4.59. The molecule has 5 rings (SSSR count). The highest BCUT2D eigenvalue weighted by Crippen LogP contribution is 2.23. The van der Waals surface area contributed by atoms with Crippen molar-refractivity contribution in [1.29, 1.82) is 0 Å². The Bertz CT molecular complexity index is 966. The number of rotatable bonds is 4. The van der Waals surface area contributed by atoms with Crippen LogP contribution < -0.4 is 15.5 Å². The van der Waals surface area contributed by atoms with Crippen LogP contribution in [0.25, 0.3) is 17.0 Å². The Morgan fingerprint density at radius 2 is 1.96 bits per heavy atom. The van der Waals surface area contributed by atoms with Gasteiger partial charge >= 0.3 is 0 Å². The zero-order valence-electron chi connectivity index (χ0n) is 15.7. The van der Waals surface area contributed by atoms with E-state index in [0.717, 1.165) is 35.9 Å². The first-order valence-corrected chi connectivity index (χ1v) is 9.96. The van der Waals surface area contributed by atoms with Crippen LogP contribution in [0.3, 0.4) is 0 Å². The zero-order valence-corrected chi connectivity index (χ0v) is 15.7. The van der Waals surface area contributed by atoms with E-state index in [1.54, 1.807) is 6.20 Å². The molecule has 0 aliphatic carbocycles. The second-order valence-electron chi connectivity index (χ2n) is 7.49. The van der Waals surface area contributed by atoms with Gasteiger partial charge in [0.25, 0.3) is 0 Å². The van der Waals surface area contributed by atoms with Crippen LogP contribution in [0.2, 0.25) is 0 Å². The van der Waals surface area contributed by atoms with Crippen molar-refractivity contribution < 1.29 is 4.39 Å². The largest absolute Gasteiger partial charge is 0.363 e. The average molecular weight is 381 g/mol. The Morgan fingerprint density at radius 3 is 2.79 bits per heavy atom. The van der Waals surface area contributed by atoms with E-state index in [1.807, 2.05) is 34.8 Å². The molecular formula is C20H24FN7. The van der Waals surface area contributed by atoms with E-state index in [9.17, 15) is 4.39 Å². The number of imidazole rings is 1. The van der Waals surface area contributed by atoms with Crippen molar-refractivity contribution in [2.45, 2.75) is 31.5 Å². The Balaban J connectivity index is 1.46. The number of pyridine rings is 1. The maximum absolute atomic E-state index is 13.9. The number of anilines is 2. The van der Waals surface area contributed by atoms with Gasteiger partial charge in [0, 0.05) is 26.2 Å². The highest BCUT2D eigenvalue weighted by Gasteiger charge is 2.26. The molecule has 28 heavy (non-hydrogen) atoms. The van der Waals surface area contributed by atoms with Crippen molar-refractivity contribution in [3.8, 4) is 11.4 Å². The maximum Gasteiger partial charge on any atom is 0.154 e. The normalized spacial score (nSPS) is 22.7. The lowest BCUT2D eigenvalue weighted by Crippen LogP contribution is -2.30. The van der Waals surface area contributed by atoms with Crippen LogP contribution in [0.4, 0.5) is 16.0 Å². The summed E-state index contributed by atoms with van der Waals surface area (Å²) in [5.74, 6) is 1.63. The Kier molecular flexibility index (Phi) is 4.56. The Morgan fingerprint density at radius 1 is 1.07 bits per heavy atom. The van der Waals surface area contributed by atoms with E-state index >= 15 is 0 Å². The molecule has 146 valence electrons. The maximum atomic E-state index is 13.9. The molecule has 7 nitrogen and oxygen atoms in total. The van der Waals surface area contributed by atoms with E-state index in [4.69, 9.17) is 5.10 Å². The SMILES string of the molecule is F[C@H]1CNC[C@@H]1Nc1cccc(-c2cnc3ccc(N4CCCCC4)nn23)n1. The van der Waals surface area contributed by atoms with E-state index in [2.05, 4.69) is 25.5 Å². The molecule has 0 bridgehead atoms. The molecular weight excluding hydrogens is 357 g/mol. The van der Waals surface area contributed by atoms with Crippen molar-refractivity contribution in [2.75, 3.05) is 36.4 Å². The van der Waals surface area contributed by atoms with Gasteiger partial charge in [0.2, 0.25) is 0 Å². The quantitative estimate of drug-likeness (QED) is 0.724. The van der Waals surface area contributed by atoms with Gasteiger partial charge in [-0.1, -0.05) is 6.07 Å². The van der Waals surface area contributed by atoms with Crippen molar-refractivity contribution in [2.24, 2.45) is 0 Å². The van der Waals surface area contributed by atoms with Crippen LogP contribution in [0, 0.1) is 0 Å².